The number of amides is 1. The molecule has 1 aromatic carbocycles. The molecule has 0 saturated heterocycles. The van der Waals surface area contributed by atoms with Crippen LogP contribution in [0.3, 0.4) is 0 Å². The summed E-state index contributed by atoms with van der Waals surface area (Å²) in [7, 11) is 0. The zero-order chi connectivity index (χ0) is 15.2. The van der Waals surface area contributed by atoms with Crippen LogP contribution < -0.4 is 5.32 Å². The quantitative estimate of drug-likeness (QED) is 0.811. The predicted molar refractivity (Wildman–Crippen MR) is 82.1 cm³/mol. The average Bonchev–Trinajstić information content (AvgIpc) is 2.37. The molecule has 1 aromatic rings. The maximum absolute atomic E-state index is 12.1. The fourth-order valence-corrected chi connectivity index (χ4v) is 2.31. The lowest BCUT2D eigenvalue weighted by atomic mass is 9.97. The maximum atomic E-state index is 12.1. The molecule has 4 nitrogen and oxygen atoms in total. The molecule has 0 atom stereocenters. The number of hydrogen-bond donors (Lipinski definition) is 2. The van der Waals surface area contributed by atoms with Gasteiger partial charge in [0, 0.05) is 23.3 Å². The molecule has 20 heavy (non-hydrogen) atoms. The minimum Gasteiger partial charge on any atom is -0.481 e. The fourth-order valence-electron chi connectivity index (χ4n) is 1.78. The number of rotatable bonds is 7. The highest BCUT2D eigenvalue weighted by atomic mass is 32.2. The van der Waals surface area contributed by atoms with E-state index in [-0.39, 0.29) is 12.3 Å². The smallest absolute Gasteiger partial charge is 0.303 e. The molecule has 0 bridgehead atoms. The molecule has 0 aromatic heterocycles. The van der Waals surface area contributed by atoms with Gasteiger partial charge in [0.1, 0.15) is 0 Å². The molecule has 5 heteroatoms. The van der Waals surface area contributed by atoms with Gasteiger partial charge in [0.15, 0.2) is 0 Å². The Balaban J connectivity index is 2.63. The standard InChI is InChI=1S/C15H21NO3S/c1-15(2,9-8-13(17)18)16-14(19)12-6-4-11(5-7-12)10-20-3/h4-7H,8-10H2,1-3H3,(H,16,19)(H,17,18). The first-order chi connectivity index (χ1) is 9.34. The van der Waals surface area contributed by atoms with Gasteiger partial charge in [0.2, 0.25) is 0 Å². The van der Waals surface area contributed by atoms with Crippen LogP contribution in [0, 0.1) is 0 Å². The van der Waals surface area contributed by atoms with Crippen LogP contribution in [0.15, 0.2) is 24.3 Å². The number of thioether (sulfide) groups is 1. The number of carbonyl (C=O) groups excluding carboxylic acids is 1. The summed E-state index contributed by atoms with van der Waals surface area (Å²) in [5, 5.41) is 11.6. The maximum Gasteiger partial charge on any atom is 0.303 e. The van der Waals surface area contributed by atoms with Crippen molar-refractivity contribution in [2.45, 2.75) is 38.0 Å². The molecule has 0 aliphatic carbocycles. The van der Waals surface area contributed by atoms with Gasteiger partial charge in [-0.3, -0.25) is 9.59 Å². The Labute approximate surface area is 124 Å². The van der Waals surface area contributed by atoms with E-state index < -0.39 is 11.5 Å². The van der Waals surface area contributed by atoms with E-state index >= 15 is 0 Å². The summed E-state index contributed by atoms with van der Waals surface area (Å²) in [6, 6.07) is 7.48. The van der Waals surface area contributed by atoms with Crippen molar-refractivity contribution in [3.05, 3.63) is 35.4 Å². The van der Waals surface area contributed by atoms with E-state index in [0.29, 0.717) is 12.0 Å². The van der Waals surface area contributed by atoms with Gasteiger partial charge in [-0.05, 0) is 44.2 Å². The minimum atomic E-state index is -0.853. The highest BCUT2D eigenvalue weighted by Crippen LogP contribution is 2.14. The van der Waals surface area contributed by atoms with Crippen LogP contribution in [-0.4, -0.2) is 28.8 Å². The fraction of sp³-hybridized carbons (Fsp3) is 0.467. The summed E-state index contributed by atoms with van der Waals surface area (Å²) >= 11 is 1.73. The highest BCUT2D eigenvalue weighted by Gasteiger charge is 2.22. The molecule has 0 heterocycles. The van der Waals surface area contributed by atoms with Gasteiger partial charge in [0.05, 0.1) is 0 Å². The van der Waals surface area contributed by atoms with Gasteiger partial charge in [-0.15, -0.1) is 0 Å². The first-order valence-corrected chi connectivity index (χ1v) is 7.85. The lowest BCUT2D eigenvalue weighted by Crippen LogP contribution is -2.43. The third-order valence-corrected chi connectivity index (χ3v) is 3.56. The van der Waals surface area contributed by atoms with Crippen LogP contribution in [0.2, 0.25) is 0 Å². The molecule has 0 fully saturated rings. The van der Waals surface area contributed by atoms with Gasteiger partial charge in [-0.2, -0.15) is 11.8 Å². The first-order valence-electron chi connectivity index (χ1n) is 6.46. The van der Waals surface area contributed by atoms with Crippen molar-refractivity contribution in [3.63, 3.8) is 0 Å². The molecule has 0 aliphatic heterocycles. The summed E-state index contributed by atoms with van der Waals surface area (Å²) < 4.78 is 0. The number of carboxylic acid groups (broad SMARTS) is 1. The second-order valence-electron chi connectivity index (χ2n) is 5.36. The Bertz CT molecular complexity index is 469. The number of hydrogen-bond acceptors (Lipinski definition) is 3. The molecule has 0 aliphatic rings. The lowest BCUT2D eigenvalue weighted by molar-refractivity contribution is -0.137. The van der Waals surface area contributed by atoms with E-state index in [2.05, 4.69) is 5.32 Å². The van der Waals surface area contributed by atoms with Crippen molar-refractivity contribution in [3.8, 4) is 0 Å². The zero-order valence-electron chi connectivity index (χ0n) is 12.1. The molecule has 2 N–H and O–H groups in total. The van der Waals surface area contributed by atoms with E-state index in [1.54, 1.807) is 23.9 Å². The zero-order valence-corrected chi connectivity index (χ0v) is 12.9. The van der Waals surface area contributed by atoms with Gasteiger partial charge in [-0.1, -0.05) is 12.1 Å². The summed E-state index contributed by atoms with van der Waals surface area (Å²) in [6.07, 6.45) is 2.48. The van der Waals surface area contributed by atoms with Crippen molar-refractivity contribution in [2.24, 2.45) is 0 Å². The number of carboxylic acids is 1. The summed E-state index contributed by atoms with van der Waals surface area (Å²) in [5.74, 6) is -0.101. The average molecular weight is 295 g/mol. The van der Waals surface area contributed by atoms with E-state index in [9.17, 15) is 9.59 Å². The molecule has 0 unspecified atom stereocenters. The number of benzene rings is 1. The van der Waals surface area contributed by atoms with Crippen LogP contribution in [0.5, 0.6) is 0 Å². The number of nitrogens with one attached hydrogen (secondary N) is 1. The molecule has 110 valence electrons. The third kappa shape index (κ3) is 5.65. The number of aliphatic carboxylic acids is 1. The van der Waals surface area contributed by atoms with E-state index in [1.165, 1.54) is 5.56 Å². The minimum absolute atomic E-state index is 0.0416. The Morgan fingerprint density at radius 1 is 1.25 bits per heavy atom. The van der Waals surface area contributed by atoms with E-state index in [1.807, 2.05) is 32.2 Å². The van der Waals surface area contributed by atoms with Crippen LogP contribution in [0.25, 0.3) is 0 Å². The number of carbonyl (C=O) groups is 2. The molecule has 0 radical (unpaired) electrons. The van der Waals surface area contributed by atoms with Crippen molar-refractivity contribution >= 4 is 23.6 Å². The van der Waals surface area contributed by atoms with Crippen LogP contribution >= 0.6 is 11.8 Å². The largest absolute Gasteiger partial charge is 0.481 e. The monoisotopic (exact) mass is 295 g/mol. The molecule has 0 spiro atoms. The Kier molecular flexibility index (Phi) is 6.07. The first kappa shape index (κ1) is 16.6. The van der Waals surface area contributed by atoms with Crippen molar-refractivity contribution in [1.29, 1.82) is 0 Å². The SMILES string of the molecule is CSCc1ccc(C(=O)NC(C)(C)CCC(=O)O)cc1. The van der Waals surface area contributed by atoms with Gasteiger partial charge in [0.25, 0.3) is 5.91 Å². The summed E-state index contributed by atoms with van der Waals surface area (Å²) in [4.78, 5) is 22.7. The van der Waals surface area contributed by atoms with E-state index in [4.69, 9.17) is 5.11 Å². The van der Waals surface area contributed by atoms with Gasteiger partial charge < -0.3 is 10.4 Å². The van der Waals surface area contributed by atoms with E-state index in [0.717, 1.165) is 5.75 Å². The topological polar surface area (TPSA) is 66.4 Å². The summed E-state index contributed by atoms with van der Waals surface area (Å²) in [6.45, 7) is 3.66. The Morgan fingerprint density at radius 2 is 1.85 bits per heavy atom. The second-order valence-corrected chi connectivity index (χ2v) is 6.23. The Morgan fingerprint density at radius 3 is 2.35 bits per heavy atom. The van der Waals surface area contributed by atoms with Crippen molar-refractivity contribution < 1.29 is 14.7 Å². The van der Waals surface area contributed by atoms with Crippen LogP contribution in [0.4, 0.5) is 0 Å². The normalized spacial score (nSPS) is 11.2. The lowest BCUT2D eigenvalue weighted by Gasteiger charge is -2.25. The molecular weight excluding hydrogens is 274 g/mol. The van der Waals surface area contributed by atoms with Crippen LogP contribution in [0.1, 0.15) is 42.6 Å². The molecule has 1 rings (SSSR count). The van der Waals surface area contributed by atoms with Crippen molar-refractivity contribution in [1.82, 2.24) is 5.32 Å². The third-order valence-electron chi connectivity index (χ3n) is 2.94. The molecule has 1 amide bonds. The van der Waals surface area contributed by atoms with Gasteiger partial charge in [-0.25, -0.2) is 0 Å². The Hall–Kier alpha value is -1.49. The highest BCUT2D eigenvalue weighted by molar-refractivity contribution is 7.97. The molecular formula is C15H21NO3S. The van der Waals surface area contributed by atoms with Gasteiger partial charge >= 0.3 is 5.97 Å². The van der Waals surface area contributed by atoms with Crippen molar-refractivity contribution in [2.75, 3.05) is 6.26 Å². The summed E-state index contributed by atoms with van der Waals surface area (Å²) in [5.41, 5.74) is 1.24. The van der Waals surface area contributed by atoms with Crippen LogP contribution in [-0.2, 0) is 10.5 Å². The predicted octanol–water partition coefficient (Wildman–Crippen LogP) is 2.92. The molecule has 0 saturated carbocycles. The second kappa shape index (κ2) is 7.33.